The van der Waals surface area contributed by atoms with E-state index in [0.717, 1.165) is 37.6 Å². The molecule has 17 heavy (non-hydrogen) atoms. The molecule has 0 aliphatic rings. The number of hydrogen-bond acceptors (Lipinski definition) is 2. The first-order valence-electron chi connectivity index (χ1n) is 6.47. The highest BCUT2D eigenvalue weighted by atomic mass is 35.5. The highest BCUT2D eigenvalue weighted by Gasteiger charge is 2.08. The van der Waals surface area contributed by atoms with Crippen molar-refractivity contribution in [1.29, 1.82) is 0 Å². The van der Waals surface area contributed by atoms with Crippen molar-refractivity contribution in [3.63, 3.8) is 0 Å². The van der Waals surface area contributed by atoms with Gasteiger partial charge >= 0.3 is 0 Å². The molecule has 0 spiro atoms. The molecule has 0 atom stereocenters. The summed E-state index contributed by atoms with van der Waals surface area (Å²) < 4.78 is 0. The summed E-state index contributed by atoms with van der Waals surface area (Å²) in [6, 6.07) is 6.16. The molecule has 0 radical (unpaired) electrons. The third-order valence-corrected chi connectivity index (χ3v) is 3.12. The Morgan fingerprint density at radius 1 is 1.18 bits per heavy atom. The summed E-state index contributed by atoms with van der Waals surface area (Å²) in [7, 11) is 0. The molecule has 0 bridgehead atoms. The number of benzene rings is 1. The second kappa shape index (κ2) is 7.57. The Kier molecular flexibility index (Phi) is 6.38. The highest BCUT2D eigenvalue weighted by Crippen LogP contribution is 2.24. The van der Waals surface area contributed by atoms with E-state index in [1.54, 1.807) is 0 Å². The van der Waals surface area contributed by atoms with Crippen LogP contribution < -0.4 is 10.2 Å². The van der Waals surface area contributed by atoms with Crippen molar-refractivity contribution in [2.24, 2.45) is 0 Å². The van der Waals surface area contributed by atoms with Gasteiger partial charge in [0.05, 0.1) is 0 Å². The average molecular weight is 255 g/mol. The zero-order chi connectivity index (χ0) is 12.7. The number of hydrogen-bond donors (Lipinski definition) is 1. The molecule has 0 saturated carbocycles. The quantitative estimate of drug-likeness (QED) is 0.747. The Morgan fingerprint density at radius 3 is 2.47 bits per heavy atom. The Bertz CT molecular complexity index is 335. The maximum Gasteiger partial charge on any atom is 0.0412 e. The van der Waals surface area contributed by atoms with Gasteiger partial charge in [-0.2, -0.15) is 0 Å². The lowest BCUT2D eigenvalue weighted by atomic mass is 10.1. The summed E-state index contributed by atoms with van der Waals surface area (Å²) in [6.45, 7) is 10.5. The molecule has 0 amide bonds. The van der Waals surface area contributed by atoms with E-state index < -0.39 is 0 Å². The molecular formula is C14H23ClN2. The van der Waals surface area contributed by atoms with Crippen molar-refractivity contribution in [2.45, 2.75) is 33.7 Å². The number of rotatable bonds is 7. The molecule has 3 heteroatoms. The third kappa shape index (κ3) is 4.21. The van der Waals surface area contributed by atoms with Crippen molar-refractivity contribution in [3.8, 4) is 0 Å². The molecule has 0 fully saturated rings. The van der Waals surface area contributed by atoms with Crippen LogP contribution in [0.3, 0.4) is 0 Å². The fourth-order valence-corrected chi connectivity index (χ4v) is 2.16. The monoisotopic (exact) mass is 254 g/mol. The van der Waals surface area contributed by atoms with Gasteiger partial charge in [-0.3, -0.25) is 0 Å². The van der Waals surface area contributed by atoms with Gasteiger partial charge in [-0.1, -0.05) is 18.5 Å². The van der Waals surface area contributed by atoms with Crippen LogP contribution in [0, 0.1) is 0 Å². The first-order valence-corrected chi connectivity index (χ1v) is 6.84. The van der Waals surface area contributed by atoms with Gasteiger partial charge in [-0.15, -0.1) is 0 Å². The van der Waals surface area contributed by atoms with Crippen LogP contribution in [-0.2, 0) is 6.54 Å². The summed E-state index contributed by atoms with van der Waals surface area (Å²) in [5.74, 6) is 0. The van der Waals surface area contributed by atoms with E-state index in [1.807, 2.05) is 6.07 Å². The molecule has 0 aliphatic heterocycles. The standard InChI is InChI=1S/C14H23ClN2/c1-4-9-16-11-12-10-13(15)7-8-14(12)17(5-2)6-3/h7-8,10,16H,4-6,9,11H2,1-3H3. The fraction of sp³-hybridized carbons (Fsp3) is 0.571. The van der Waals surface area contributed by atoms with Crippen LogP contribution in [0.4, 0.5) is 5.69 Å². The topological polar surface area (TPSA) is 15.3 Å². The number of halogens is 1. The zero-order valence-electron chi connectivity index (χ0n) is 11.1. The maximum absolute atomic E-state index is 6.07. The van der Waals surface area contributed by atoms with Crippen LogP contribution in [0.25, 0.3) is 0 Å². The van der Waals surface area contributed by atoms with Crippen LogP contribution >= 0.6 is 11.6 Å². The minimum atomic E-state index is 0.814. The summed E-state index contributed by atoms with van der Waals surface area (Å²) >= 11 is 6.07. The van der Waals surface area contributed by atoms with E-state index in [9.17, 15) is 0 Å². The van der Waals surface area contributed by atoms with Crippen molar-refractivity contribution < 1.29 is 0 Å². The molecule has 0 saturated heterocycles. The largest absolute Gasteiger partial charge is 0.372 e. The van der Waals surface area contributed by atoms with Gasteiger partial charge in [0.1, 0.15) is 0 Å². The predicted octanol–water partition coefficient (Wildman–Crippen LogP) is 3.69. The van der Waals surface area contributed by atoms with Gasteiger partial charge in [0.2, 0.25) is 0 Å². The number of anilines is 1. The summed E-state index contributed by atoms with van der Waals surface area (Å²) in [5, 5.41) is 4.25. The van der Waals surface area contributed by atoms with Crippen LogP contribution in [0.5, 0.6) is 0 Å². The van der Waals surface area contributed by atoms with Crippen LogP contribution in [0.15, 0.2) is 18.2 Å². The molecule has 0 heterocycles. The van der Waals surface area contributed by atoms with Crippen molar-refractivity contribution >= 4 is 17.3 Å². The van der Waals surface area contributed by atoms with Crippen LogP contribution in [-0.4, -0.2) is 19.6 Å². The van der Waals surface area contributed by atoms with E-state index in [2.05, 4.69) is 43.1 Å². The van der Waals surface area contributed by atoms with Gasteiger partial charge in [0.15, 0.2) is 0 Å². The lowest BCUT2D eigenvalue weighted by molar-refractivity contribution is 0.673. The minimum absolute atomic E-state index is 0.814. The molecule has 2 nitrogen and oxygen atoms in total. The lowest BCUT2D eigenvalue weighted by Crippen LogP contribution is -2.24. The molecule has 0 aliphatic carbocycles. The number of nitrogens with zero attached hydrogens (tertiary/aromatic N) is 1. The Morgan fingerprint density at radius 2 is 1.88 bits per heavy atom. The normalized spacial score (nSPS) is 10.6. The second-order valence-electron chi connectivity index (χ2n) is 4.12. The van der Waals surface area contributed by atoms with E-state index in [1.165, 1.54) is 11.3 Å². The average Bonchev–Trinajstić information content (AvgIpc) is 2.33. The van der Waals surface area contributed by atoms with E-state index in [4.69, 9.17) is 11.6 Å². The molecule has 0 aromatic heterocycles. The predicted molar refractivity (Wildman–Crippen MR) is 77.0 cm³/mol. The summed E-state index contributed by atoms with van der Waals surface area (Å²) in [6.07, 6.45) is 1.15. The van der Waals surface area contributed by atoms with Gasteiger partial charge in [0, 0.05) is 30.3 Å². The smallest absolute Gasteiger partial charge is 0.0412 e. The first-order chi connectivity index (χ1) is 8.22. The first kappa shape index (κ1) is 14.3. The summed E-state index contributed by atoms with van der Waals surface area (Å²) in [4.78, 5) is 2.36. The van der Waals surface area contributed by atoms with Crippen molar-refractivity contribution in [1.82, 2.24) is 5.32 Å². The molecule has 0 unspecified atom stereocenters. The van der Waals surface area contributed by atoms with E-state index in [0.29, 0.717) is 0 Å². The zero-order valence-corrected chi connectivity index (χ0v) is 11.8. The molecular weight excluding hydrogens is 232 g/mol. The third-order valence-electron chi connectivity index (χ3n) is 2.89. The Hall–Kier alpha value is -0.730. The van der Waals surface area contributed by atoms with E-state index >= 15 is 0 Å². The van der Waals surface area contributed by atoms with Crippen LogP contribution in [0.1, 0.15) is 32.8 Å². The van der Waals surface area contributed by atoms with Crippen molar-refractivity contribution in [3.05, 3.63) is 28.8 Å². The SMILES string of the molecule is CCCNCc1cc(Cl)ccc1N(CC)CC. The number of nitrogens with one attached hydrogen (secondary N) is 1. The Labute approximate surface area is 110 Å². The molecule has 1 aromatic carbocycles. The minimum Gasteiger partial charge on any atom is -0.372 e. The van der Waals surface area contributed by atoms with Gasteiger partial charge in [0.25, 0.3) is 0 Å². The van der Waals surface area contributed by atoms with Gasteiger partial charge in [-0.05, 0) is 50.6 Å². The van der Waals surface area contributed by atoms with Crippen molar-refractivity contribution in [2.75, 3.05) is 24.5 Å². The fourth-order valence-electron chi connectivity index (χ4n) is 1.97. The lowest BCUT2D eigenvalue weighted by Gasteiger charge is -2.24. The Balaban J connectivity index is 2.86. The molecule has 96 valence electrons. The molecule has 1 aromatic rings. The maximum atomic E-state index is 6.07. The highest BCUT2D eigenvalue weighted by molar-refractivity contribution is 6.30. The summed E-state index contributed by atoms with van der Waals surface area (Å²) in [5.41, 5.74) is 2.58. The van der Waals surface area contributed by atoms with Crippen LogP contribution in [0.2, 0.25) is 5.02 Å². The molecule has 1 N–H and O–H groups in total. The second-order valence-corrected chi connectivity index (χ2v) is 4.56. The molecule has 1 rings (SSSR count). The van der Waals surface area contributed by atoms with Gasteiger partial charge in [-0.25, -0.2) is 0 Å². The van der Waals surface area contributed by atoms with Gasteiger partial charge < -0.3 is 10.2 Å². The van der Waals surface area contributed by atoms with E-state index in [-0.39, 0.29) is 0 Å².